The minimum absolute atomic E-state index is 0.0108. The summed E-state index contributed by atoms with van der Waals surface area (Å²) in [6.07, 6.45) is 3.69. The lowest BCUT2D eigenvalue weighted by atomic mass is 9.88. The van der Waals surface area contributed by atoms with Crippen molar-refractivity contribution in [2.24, 2.45) is 11.8 Å². The van der Waals surface area contributed by atoms with Crippen LogP contribution in [0.2, 0.25) is 0 Å². The Balaban J connectivity index is 1.74. The Morgan fingerprint density at radius 2 is 1.57 bits per heavy atom. The molecule has 1 aliphatic rings. The fourth-order valence-corrected chi connectivity index (χ4v) is 5.97. The van der Waals surface area contributed by atoms with Gasteiger partial charge in [-0.15, -0.1) is 5.06 Å². The summed E-state index contributed by atoms with van der Waals surface area (Å²) in [5, 5.41) is 8.56. The number of ether oxygens (including phenoxy) is 2. The number of amides is 5. The molecule has 0 spiro atoms. The Hall–Kier alpha value is -4.15. The molecule has 1 saturated heterocycles. The molecule has 2 rings (SSSR count). The maximum Gasteiger partial charge on any atom is 0.333 e. The summed E-state index contributed by atoms with van der Waals surface area (Å²) in [5.41, 5.74) is 0.884. The standard InChI is InChI=1S/C37H54N4O11S/c1-26(2)22-28(24-32(44)29(39-25-42)15-21-53-3)37(49)40-30(23-27-8-5-4-6-9-27)31(43)10-7-17-50-19-20-51-18-16-38-33(45)11-14-36(48)52-41-34(46)12-13-35(41)47/h4-6,8-9,25-26,28-30H,7,10-24H2,1-3H3,(H,38,45)(H,39,42)(H,40,49)/t28-,29+,30+/m1/s1. The summed E-state index contributed by atoms with van der Waals surface area (Å²) in [4.78, 5) is 103. The van der Waals surface area contributed by atoms with Crippen molar-refractivity contribution in [3.63, 3.8) is 0 Å². The van der Waals surface area contributed by atoms with E-state index >= 15 is 0 Å². The third-order valence-corrected chi connectivity index (χ3v) is 8.88. The van der Waals surface area contributed by atoms with E-state index in [0.717, 1.165) is 5.56 Å². The van der Waals surface area contributed by atoms with Crippen LogP contribution in [0.25, 0.3) is 0 Å². The highest BCUT2D eigenvalue weighted by Crippen LogP contribution is 2.20. The van der Waals surface area contributed by atoms with Gasteiger partial charge in [0.2, 0.25) is 18.2 Å². The Bertz CT molecular complexity index is 1350. The number of carbonyl (C=O) groups is 8. The molecular formula is C37H54N4O11S. The van der Waals surface area contributed by atoms with Gasteiger partial charge in [-0.2, -0.15) is 11.8 Å². The summed E-state index contributed by atoms with van der Waals surface area (Å²) < 4.78 is 11.0. The van der Waals surface area contributed by atoms with Crippen LogP contribution in [0.15, 0.2) is 30.3 Å². The quantitative estimate of drug-likeness (QED) is 0.0610. The van der Waals surface area contributed by atoms with Gasteiger partial charge in [0, 0.05) is 51.2 Å². The van der Waals surface area contributed by atoms with Gasteiger partial charge in [0.15, 0.2) is 11.6 Å². The summed E-state index contributed by atoms with van der Waals surface area (Å²) in [6, 6.07) is 7.91. The van der Waals surface area contributed by atoms with Gasteiger partial charge in [-0.25, -0.2) is 4.79 Å². The van der Waals surface area contributed by atoms with E-state index in [1.807, 2.05) is 50.4 Å². The van der Waals surface area contributed by atoms with E-state index in [1.54, 1.807) is 11.8 Å². The van der Waals surface area contributed by atoms with Gasteiger partial charge < -0.3 is 30.3 Å². The van der Waals surface area contributed by atoms with E-state index in [1.165, 1.54) is 0 Å². The lowest BCUT2D eigenvalue weighted by molar-refractivity contribution is -0.197. The molecule has 16 heteroatoms. The molecule has 294 valence electrons. The highest BCUT2D eigenvalue weighted by molar-refractivity contribution is 7.98. The molecule has 0 aromatic heterocycles. The molecule has 0 saturated carbocycles. The molecule has 0 bridgehead atoms. The van der Waals surface area contributed by atoms with Gasteiger partial charge in [-0.05, 0) is 49.2 Å². The second-order valence-corrected chi connectivity index (χ2v) is 14.0. The highest BCUT2D eigenvalue weighted by atomic mass is 32.2. The third-order valence-electron chi connectivity index (χ3n) is 8.24. The van der Waals surface area contributed by atoms with Crippen molar-refractivity contribution >= 4 is 59.3 Å². The predicted molar refractivity (Wildman–Crippen MR) is 196 cm³/mol. The SMILES string of the molecule is CSCC[C@H](NC=O)C(=O)C[C@@H](CC(C)C)C(=O)N[C@@H](Cc1ccccc1)C(=O)CCCOCCOCCNC(=O)CCC(=O)ON1C(=O)CCC1=O. The molecule has 1 aromatic rings. The molecule has 0 unspecified atom stereocenters. The first-order valence-corrected chi connectivity index (χ1v) is 19.4. The van der Waals surface area contributed by atoms with Crippen LogP contribution < -0.4 is 16.0 Å². The van der Waals surface area contributed by atoms with Gasteiger partial charge in [-0.1, -0.05) is 44.2 Å². The van der Waals surface area contributed by atoms with Gasteiger partial charge in [0.1, 0.15) is 0 Å². The summed E-state index contributed by atoms with van der Waals surface area (Å²) in [5.74, 6) is -3.02. The van der Waals surface area contributed by atoms with Gasteiger partial charge in [0.05, 0.1) is 38.3 Å². The number of benzene rings is 1. The first-order valence-electron chi connectivity index (χ1n) is 18.0. The van der Waals surface area contributed by atoms with E-state index in [9.17, 15) is 38.4 Å². The second-order valence-electron chi connectivity index (χ2n) is 13.1. The van der Waals surface area contributed by atoms with E-state index in [-0.39, 0.29) is 94.9 Å². The van der Waals surface area contributed by atoms with Crippen LogP contribution in [-0.4, -0.2) is 110 Å². The van der Waals surface area contributed by atoms with Crippen LogP contribution in [0.3, 0.4) is 0 Å². The maximum atomic E-state index is 13.6. The van der Waals surface area contributed by atoms with Crippen molar-refractivity contribution < 1.29 is 52.7 Å². The number of hydrogen-bond donors (Lipinski definition) is 3. The summed E-state index contributed by atoms with van der Waals surface area (Å²) >= 11 is 1.56. The number of carbonyl (C=O) groups excluding carboxylic acids is 8. The number of imide groups is 1. The van der Waals surface area contributed by atoms with Crippen molar-refractivity contribution in [2.75, 3.05) is 45.0 Å². The fraction of sp³-hybridized carbons (Fsp3) is 0.622. The normalized spacial score (nSPS) is 14.4. The molecule has 1 aromatic carbocycles. The minimum Gasteiger partial charge on any atom is -0.379 e. The summed E-state index contributed by atoms with van der Waals surface area (Å²) in [7, 11) is 0. The lowest BCUT2D eigenvalue weighted by Crippen LogP contribution is -2.46. The molecule has 1 fully saturated rings. The monoisotopic (exact) mass is 762 g/mol. The van der Waals surface area contributed by atoms with Crippen molar-refractivity contribution in [1.29, 1.82) is 0 Å². The Labute approximate surface area is 315 Å². The molecule has 15 nitrogen and oxygen atoms in total. The number of hydroxylamine groups is 2. The van der Waals surface area contributed by atoms with Crippen molar-refractivity contribution in [3.05, 3.63) is 35.9 Å². The average molecular weight is 763 g/mol. The maximum absolute atomic E-state index is 13.6. The molecule has 5 amide bonds. The molecule has 3 N–H and O–H groups in total. The van der Waals surface area contributed by atoms with E-state index in [2.05, 4.69) is 16.0 Å². The molecule has 1 heterocycles. The van der Waals surface area contributed by atoms with Gasteiger partial charge >= 0.3 is 5.97 Å². The Morgan fingerprint density at radius 1 is 0.887 bits per heavy atom. The fourth-order valence-electron chi connectivity index (χ4n) is 5.49. The van der Waals surface area contributed by atoms with Crippen LogP contribution >= 0.6 is 11.8 Å². The van der Waals surface area contributed by atoms with Crippen molar-refractivity contribution in [1.82, 2.24) is 21.0 Å². The second kappa shape index (κ2) is 25.8. The molecule has 53 heavy (non-hydrogen) atoms. The van der Waals surface area contributed by atoms with Crippen molar-refractivity contribution in [2.45, 2.75) is 90.1 Å². The number of thioether (sulfide) groups is 1. The van der Waals surface area contributed by atoms with Crippen LogP contribution in [0.1, 0.15) is 77.2 Å². The molecule has 1 aliphatic heterocycles. The van der Waals surface area contributed by atoms with Crippen molar-refractivity contribution in [3.8, 4) is 0 Å². The zero-order valence-electron chi connectivity index (χ0n) is 30.9. The van der Waals surface area contributed by atoms with Crippen LogP contribution in [0.4, 0.5) is 0 Å². The third kappa shape index (κ3) is 18.4. The van der Waals surface area contributed by atoms with E-state index < -0.39 is 41.7 Å². The molecular weight excluding hydrogens is 708 g/mol. The largest absolute Gasteiger partial charge is 0.379 e. The Morgan fingerprint density at radius 3 is 2.21 bits per heavy atom. The summed E-state index contributed by atoms with van der Waals surface area (Å²) in [6.45, 7) is 5.12. The van der Waals surface area contributed by atoms with Crippen LogP contribution in [0, 0.1) is 11.8 Å². The highest BCUT2D eigenvalue weighted by Gasteiger charge is 2.33. The van der Waals surface area contributed by atoms with E-state index in [4.69, 9.17) is 14.3 Å². The van der Waals surface area contributed by atoms with Crippen LogP contribution in [0.5, 0.6) is 0 Å². The zero-order chi connectivity index (χ0) is 39.0. The number of nitrogens with zero attached hydrogens (tertiary/aromatic N) is 1. The zero-order valence-corrected chi connectivity index (χ0v) is 31.7. The average Bonchev–Trinajstić information content (AvgIpc) is 3.44. The number of ketones is 2. The molecule has 0 aliphatic carbocycles. The number of hydrogen-bond acceptors (Lipinski definition) is 12. The number of Topliss-reactive ketones (excluding diaryl/α,β-unsaturated/α-hetero) is 2. The molecule has 3 atom stereocenters. The minimum atomic E-state index is -0.852. The van der Waals surface area contributed by atoms with Gasteiger partial charge in [0.25, 0.3) is 11.8 Å². The first kappa shape index (κ1) is 45.0. The Kier molecular flexibility index (Phi) is 21.9. The number of nitrogens with one attached hydrogen (secondary N) is 3. The van der Waals surface area contributed by atoms with Gasteiger partial charge in [-0.3, -0.25) is 33.6 Å². The lowest BCUT2D eigenvalue weighted by Gasteiger charge is -2.24. The molecule has 0 radical (unpaired) electrons. The smallest absolute Gasteiger partial charge is 0.333 e. The number of rotatable bonds is 29. The predicted octanol–water partition coefficient (Wildman–Crippen LogP) is 2.09. The van der Waals surface area contributed by atoms with E-state index in [0.29, 0.717) is 42.9 Å². The topological polar surface area (TPSA) is 204 Å². The first-order chi connectivity index (χ1) is 25.4. The van der Waals surface area contributed by atoms with Crippen LogP contribution in [-0.2, 0) is 59.1 Å².